The summed E-state index contributed by atoms with van der Waals surface area (Å²) in [6, 6.07) is 11.4. The predicted molar refractivity (Wildman–Crippen MR) is 92.5 cm³/mol. The number of rotatable bonds is 4. The Morgan fingerprint density at radius 2 is 1.15 bits per heavy atom. The predicted octanol–water partition coefficient (Wildman–Crippen LogP) is 3.56. The molecule has 27 heavy (non-hydrogen) atoms. The molecule has 3 aromatic rings. The second-order valence-electron chi connectivity index (χ2n) is 5.64. The molecule has 0 fully saturated rings. The summed E-state index contributed by atoms with van der Waals surface area (Å²) in [5, 5.41) is 2.28. The van der Waals surface area contributed by atoms with Gasteiger partial charge in [0.15, 0.2) is 0 Å². The average Bonchev–Trinajstić information content (AvgIpc) is 2.50. The fourth-order valence-corrected chi connectivity index (χ4v) is 3.31. The molecule has 0 saturated heterocycles. The molecule has 0 aliphatic rings. The van der Waals surface area contributed by atoms with E-state index in [9.17, 15) is 30.0 Å². The molecular weight excluding hydrogens is 409 g/mol. The smallest absolute Gasteiger partial charge is 0.383 e. The Labute approximate surface area is 152 Å². The van der Waals surface area contributed by atoms with E-state index >= 15 is 0 Å². The second kappa shape index (κ2) is 6.27. The highest BCUT2D eigenvalue weighted by Crippen LogP contribution is 2.31. The fourth-order valence-electron chi connectivity index (χ4n) is 2.41. The van der Waals surface area contributed by atoms with E-state index in [1.54, 1.807) is 18.2 Å². The molecule has 144 valence electrons. The van der Waals surface area contributed by atoms with Crippen molar-refractivity contribution in [2.24, 2.45) is 0 Å². The summed E-state index contributed by atoms with van der Waals surface area (Å²) in [4.78, 5) is 0. The average molecular weight is 420 g/mol. The van der Waals surface area contributed by atoms with E-state index in [2.05, 4.69) is 4.18 Å². The number of hydrogen-bond acceptors (Lipinski definition) is 6. The van der Waals surface area contributed by atoms with Gasteiger partial charge in [-0.05, 0) is 57.9 Å². The second-order valence-corrected chi connectivity index (χ2v) is 8.75. The molecule has 0 atom stereocenters. The summed E-state index contributed by atoms with van der Waals surface area (Å²) in [5.74, 6) is -0.364. The van der Waals surface area contributed by atoms with Gasteiger partial charge in [-0.2, -0.15) is 30.0 Å². The normalized spacial score (nSPS) is 13.0. The largest absolute Gasteiger partial charge is 0.534 e. The van der Waals surface area contributed by atoms with Crippen molar-refractivity contribution in [3.63, 3.8) is 0 Å². The fraction of sp³-hybridized carbons (Fsp3) is 0.125. The van der Waals surface area contributed by atoms with Crippen molar-refractivity contribution in [1.29, 1.82) is 0 Å². The standard InChI is InChI=1S/C16H11F3O6S2/c1-26(20,21)24-14-4-2-10-7-13-9-15(25-27(22,23)16(17,18)19)5-3-11(13)6-12(10)8-14/h2-9H,1H3. The third-order valence-corrected chi connectivity index (χ3v) is 4.95. The van der Waals surface area contributed by atoms with E-state index in [0.717, 1.165) is 12.3 Å². The summed E-state index contributed by atoms with van der Waals surface area (Å²) in [6.07, 6.45) is 0.911. The van der Waals surface area contributed by atoms with Crippen LogP contribution in [0.4, 0.5) is 13.2 Å². The molecule has 0 bridgehead atoms. The molecule has 0 aromatic heterocycles. The molecule has 0 radical (unpaired) electrons. The van der Waals surface area contributed by atoms with Gasteiger partial charge in [0, 0.05) is 0 Å². The van der Waals surface area contributed by atoms with Crippen molar-refractivity contribution in [2.75, 3.05) is 6.26 Å². The first-order chi connectivity index (χ1) is 12.3. The van der Waals surface area contributed by atoms with Crippen LogP contribution in [0.25, 0.3) is 21.5 Å². The Morgan fingerprint density at radius 3 is 1.56 bits per heavy atom. The Bertz CT molecular complexity index is 1250. The summed E-state index contributed by atoms with van der Waals surface area (Å²) < 4.78 is 90.8. The molecule has 0 spiro atoms. The number of alkyl halides is 3. The minimum absolute atomic E-state index is 0.112. The SMILES string of the molecule is CS(=O)(=O)Oc1ccc2cc3cc(OS(=O)(=O)C(F)(F)F)ccc3cc2c1. The van der Waals surface area contributed by atoms with Gasteiger partial charge in [0.1, 0.15) is 11.5 Å². The minimum atomic E-state index is -5.76. The van der Waals surface area contributed by atoms with Crippen LogP contribution >= 0.6 is 0 Å². The maximum Gasteiger partial charge on any atom is 0.534 e. The summed E-state index contributed by atoms with van der Waals surface area (Å²) in [6.45, 7) is 0. The molecule has 11 heteroatoms. The van der Waals surface area contributed by atoms with Crippen LogP contribution in [0, 0.1) is 0 Å². The molecule has 0 aliphatic heterocycles. The first-order valence-corrected chi connectivity index (χ1v) is 10.4. The zero-order chi connectivity index (χ0) is 20.0. The highest BCUT2D eigenvalue weighted by Gasteiger charge is 2.48. The monoisotopic (exact) mass is 420 g/mol. The van der Waals surface area contributed by atoms with Gasteiger partial charge >= 0.3 is 25.7 Å². The van der Waals surface area contributed by atoms with Crippen molar-refractivity contribution in [1.82, 2.24) is 0 Å². The van der Waals surface area contributed by atoms with Crippen molar-refractivity contribution in [3.05, 3.63) is 48.5 Å². The van der Waals surface area contributed by atoms with Crippen molar-refractivity contribution >= 4 is 41.8 Å². The van der Waals surface area contributed by atoms with Gasteiger partial charge in [-0.3, -0.25) is 0 Å². The zero-order valence-electron chi connectivity index (χ0n) is 13.5. The number of fused-ring (bicyclic) bond motifs is 2. The van der Waals surface area contributed by atoms with Crippen LogP contribution in [0.3, 0.4) is 0 Å². The third kappa shape index (κ3) is 4.25. The van der Waals surface area contributed by atoms with Gasteiger partial charge < -0.3 is 8.37 Å². The third-order valence-electron chi connectivity index (χ3n) is 3.48. The molecule has 0 heterocycles. The van der Waals surface area contributed by atoms with Crippen molar-refractivity contribution < 1.29 is 38.4 Å². The van der Waals surface area contributed by atoms with Crippen LogP contribution in [0.5, 0.6) is 11.5 Å². The number of hydrogen-bond donors (Lipinski definition) is 0. The van der Waals surface area contributed by atoms with E-state index in [1.807, 2.05) is 0 Å². The first-order valence-electron chi connectivity index (χ1n) is 7.22. The van der Waals surface area contributed by atoms with Crippen molar-refractivity contribution in [2.45, 2.75) is 5.51 Å². The number of halogens is 3. The zero-order valence-corrected chi connectivity index (χ0v) is 15.2. The highest BCUT2D eigenvalue weighted by atomic mass is 32.2. The van der Waals surface area contributed by atoms with E-state index in [-0.39, 0.29) is 5.75 Å². The molecule has 6 nitrogen and oxygen atoms in total. The van der Waals surface area contributed by atoms with Gasteiger partial charge in [0.05, 0.1) is 6.26 Å². The highest BCUT2D eigenvalue weighted by molar-refractivity contribution is 7.88. The minimum Gasteiger partial charge on any atom is -0.383 e. The molecule has 0 unspecified atom stereocenters. The molecular formula is C16H11F3O6S2. The van der Waals surface area contributed by atoms with Gasteiger partial charge in [-0.1, -0.05) is 12.1 Å². The molecule has 0 amide bonds. The van der Waals surface area contributed by atoms with Gasteiger partial charge in [-0.25, -0.2) is 0 Å². The Morgan fingerprint density at radius 1 is 0.704 bits per heavy atom. The quantitative estimate of drug-likeness (QED) is 0.364. The lowest BCUT2D eigenvalue weighted by Crippen LogP contribution is -2.28. The molecule has 0 N–H and O–H groups in total. The van der Waals surface area contributed by atoms with Crippen LogP contribution in [-0.2, 0) is 20.2 Å². The van der Waals surface area contributed by atoms with E-state index in [0.29, 0.717) is 21.5 Å². The summed E-state index contributed by atoms with van der Waals surface area (Å²) in [7, 11) is -9.45. The lowest BCUT2D eigenvalue weighted by molar-refractivity contribution is -0.0500. The molecule has 0 aliphatic carbocycles. The van der Waals surface area contributed by atoms with Crippen LogP contribution in [-0.4, -0.2) is 28.6 Å². The number of benzene rings is 3. The van der Waals surface area contributed by atoms with E-state index < -0.39 is 31.5 Å². The van der Waals surface area contributed by atoms with Crippen LogP contribution in [0.1, 0.15) is 0 Å². The maximum atomic E-state index is 12.4. The summed E-state index contributed by atoms with van der Waals surface area (Å²) >= 11 is 0. The molecule has 0 saturated carbocycles. The molecule has 3 aromatic carbocycles. The molecule has 3 rings (SSSR count). The Kier molecular flexibility index (Phi) is 4.47. The Hall–Kier alpha value is -2.53. The van der Waals surface area contributed by atoms with E-state index in [1.165, 1.54) is 24.3 Å². The van der Waals surface area contributed by atoms with Gasteiger partial charge in [0.2, 0.25) is 0 Å². The lowest BCUT2D eigenvalue weighted by Gasteiger charge is -2.10. The van der Waals surface area contributed by atoms with Crippen LogP contribution in [0.2, 0.25) is 0 Å². The van der Waals surface area contributed by atoms with Crippen LogP contribution < -0.4 is 8.37 Å². The van der Waals surface area contributed by atoms with Gasteiger partial charge in [-0.15, -0.1) is 0 Å². The van der Waals surface area contributed by atoms with E-state index in [4.69, 9.17) is 4.18 Å². The van der Waals surface area contributed by atoms with Crippen molar-refractivity contribution in [3.8, 4) is 11.5 Å². The first kappa shape index (κ1) is 19.2. The lowest BCUT2D eigenvalue weighted by atomic mass is 10.0. The summed E-state index contributed by atoms with van der Waals surface area (Å²) in [5.41, 5.74) is -5.53. The van der Waals surface area contributed by atoms with Crippen LogP contribution in [0.15, 0.2) is 48.5 Å². The topological polar surface area (TPSA) is 86.7 Å². The van der Waals surface area contributed by atoms with Gasteiger partial charge in [0.25, 0.3) is 0 Å². The maximum absolute atomic E-state index is 12.4. The Balaban J connectivity index is 2.03.